The number of hydrogen-bond donors (Lipinski definition) is 1. The van der Waals surface area contributed by atoms with Crippen molar-refractivity contribution in [1.29, 1.82) is 0 Å². The lowest BCUT2D eigenvalue weighted by atomic mass is 10.3. The number of carbonyl (C=O) groups is 1. The number of nitrogens with zero attached hydrogens (tertiary/aromatic N) is 2. The first-order chi connectivity index (χ1) is 7.22. The maximum atomic E-state index is 10.8. The Labute approximate surface area is 89.4 Å². The quantitative estimate of drug-likeness (QED) is 0.693. The molecule has 0 saturated heterocycles. The van der Waals surface area contributed by atoms with E-state index < -0.39 is 0 Å². The van der Waals surface area contributed by atoms with Crippen molar-refractivity contribution in [1.82, 2.24) is 15.1 Å². The molecule has 0 fully saturated rings. The van der Waals surface area contributed by atoms with Gasteiger partial charge < -0.3 is 10.1 Å². The van der Waals surface area contributed by atoms with Gasteiger partial charge in [0.1, 0.15) is 0 Å². The van der Waals surface area contributed by atoms with Gasteiger partial charge in [0.05, 0.1) is 20.1 Å². The maximum Gasteiger partial charge on any atom is 0.306 e. The van der Waals surface area contributed by atoms with Gasteiger partial charge in [-0.1, -0.05) is 0 Å². The average molecular weight is 211 g/mol. The lowest BCUT2D eigenvalue weighted by Crippen LogP contribution is -2.32. The van der Waals surface area contributed by atoms with Crippen LogP contribution < -0.4 is 5.32 Å². The third kappa shape index (κ3) is 4.60. The lowest BCUT2D eigenvalue weighted by molar-refractivity contribution is -0.140. The molecule has 1 heterocycles. The normalized spacial score (nSPS) is 12.4. The highest BCUT2D eigenvalue weighted by atomic mass is 16.5. The van der Waals surface area contributed by atoms with E-state index in [1.807, 2.05) is 16.9 Å². The Hall–Kier alpha value is -1.36. The first kappa shape index (κ1) is 11.7. The summed E-state index contributed by atoms with van der Waals surface area (Å²) in [6, 6.07) is 2.18. The fourth-order valence-corrected chi connectivity index (χ4v) is 1.28. The topological polar surface area (TPSA) is 56.1 Å². The molecular formula is C10H17N3O2. The van der Waals surface area contributed by atoms with Gasteiger partial charge in [0.25, 0.3) is 0 Å². The molecule has 1 N–H and O–H groups in total. The molecule has 84 valence electrons. The van der Waals surface area contributed by atoms with E-state index in [2.05, 4.69) is 22.1 Å². The smallest absolute Gasteiger partial charge is 0.306 e. The predicted molar refractivity (Wildman–Crippen MR) is 56.3 cm³/mol. The molecule has 0 amide bonds. The molecule has 0 spiro atoms. The standard InChI is InChI=1S/C10H17N3O2/c1-9(8-13-7-3-5-12-13)11-6-4-10(14)15-2/h3,5,7,9,11H,4,6,8H2,1-2H3. The highest BCUT2D eigenvalue weighted by molar-refractivity contribution is 5.69. The number of rotatable bonds is 6. The molecular weight excluding hydrogens is 194 g/mol. The van der Waals surface area contributed by atoms with Gasteiger partial charge in [0.15, 0.2) is 0 Å². The van der Waals surface area contributed by atoms with Crippen molar-refractivity contribution >= 4 is 5.97 Å². The van der Waals surface area contributed by atoms with Crippen molar-refractivity contribution in [2.24, 2.45) is 0 Å². The minimum absolute atomic E-state index is 0.186. The van der Waals surface area contributed by atoms with E-state index in [1.54, 1.807) is 6.20 Å². The Morgan fingerprint density at radius 2 is 2.47 bits per heavy atom. The van der Waals surface area contributed by atoms with E-state index in [0.29, 0.717) is 13.0 Å². The number of ether oxygens (including phenoxy) is 1. The molecule has 0 saturated carbocycles. The Kier molecular flexibility index (Phi) is 4.83. The molecule has 0 aromatic carbocycles. The van der Waals surface area contributed by atoms with Crippen LogP contribution in [0.1, 0.15) is 13.3 Å². The van der Waals surface area contributed by atoms with E-state index in [4.69, 9.17) is 0 Å². The van der Waals surface area contributed by atoms with Crippen molar-refractivity contribution < 1.29 is 9.53 Å². The molecule has 1 atom stereocenters. The maximum absolute atomic E-state index is 10.8. The summed E-state index contributed by atoms with van der Waals surface area (Å²) in [5.74, 6) is -0.186. The summed E-state index contributed by atoms with van der Waals surface area (Å²) in [5, 5.41) is 7.33. The van der Waals surface area contributed by atoms with Crippen molar-refractivity contribution in [2.75, 3.05) is 13.7 Å². The highest BCUT2D eigenvalue weighted by Gasteiger charge is 2.04. The zero-order chi connectivity index (χ0) is 11.1. The fraction of sp³-hybridized carbons (Fsp3) is 0.600. The Bertz CT molecular complexity index is 285. The minimum atomic E-state index is -0.186. The number of nitrogens with one attached hydrogen (secondary N) is 1. The number of hydrogen-bond acceptors (Lipinski definition) is 4. The number of carbonyl (C=O) groups excluding carboxylic acids is 1. The van der Waals surface area contributed by atoms with E-state index in [1.165, 1.54) is 7.11 Å². The van der Waals surface area contributed by atoms with Gasteiger partial charge in [-0.15, -0.1) is 0 Å². The van der Waals surface area contributed by atoms with Gasteiger partial charge in [-0.05, 0) is 13.0 Å². The number of methoxy groups -OCH3 is 1. The third-order valence-corrected chi connectivity index (χ3v) is 2.07. The lowest BCUT2D eigenvalue weighted by Gasteiger charge is -2.13. The molecule has 1 aromatic heterocycles. The van der Waals surface area contributed by atoms with E-state index in [-0.39, 0.29) is 12.0 Å². The van der Waals surface area contributed by atoms with Crippen LogP contribution in [0.3, 0.4) is 0 Å². The van der Waals surface area contributed by atoms with Gasteiger partial charge in [-0.3, -0.25) is 9.48 Å². The van der Waals surface area contributed by atoms with Crippen LogP contribution in [0.15, 0.2) is 18.5 Å². The highest BCUT2D eigenvalue weighted by Crippen LogP contribution is 1.91. The first-order valence-corrected chi connectivity index (χ1v) is 5.00. The summed E-state index contributed by atoms with van der Waals surface area (Å²) < 4.78 is 6.40. The third-order valence-electron chi connectivity index (χ3n) is 2.07. The van der Waals surface area contributed by atoms with Gasteiger partial charge in [-0.25, -0.2) is 0 Å². The minimum Gasteiger partial charge on any atom is -0.469 e. The fourth-order valence-electron chi connectivity index (χ4n) is 1.28. The van der Waals surface area contributed by atoms with Gasteiger partial charge in [-0.2, -0.15) is 5.10 Å². The molecule has 0 aliphatic rings. The molecule has 0 radical (unpaired) electrons. The van der Waals surface area contributed by atoms with Crippen LogP contribution in [0.4, 0.5) is 0 Å². The summed E-state index contributed by atoms with van der Waals surface area (Å²) in [4.78, 5) is 10.8. The molecule has 0 aliphatic carbocycles. The van der Waals surface area contributed by atoms with E-state index >= 15 is 0 Å². The number of aromatic nitrogens is 2. The molecule has 0 aliphatic heterocycles. The van der Waals surface area contributed by atoms with Crippen molar-refractivity contribution in [2.45, 2.75) is 25.9 Å². The molecule has 0 bridgehead atoms. The van der Waals surface area contributed by atoms with Crippen LogP contribution in [-0.4, -0.2) is 35.4 Å². The summed E-state index contributed by atoms with van der Waals surface area (Å²) in [6.45, 7) is 3.49. The predicted octanol–water partition coefficient (Wildman–Crippen LogP) is 0.424. The summed E-state index contributed by atoms with van der Waals surface area (Å²) in [5.41, 5.74) is 0. The second-order valence-corrected chi connectivity index (χ2v) is 3.41. The number of esters is 1. The van der Waals surface area contributed by atoms with Crippen molar-refractivity contribution in [3.63, 3.8) is 0 Å². The molecule has 1 unspecified atom stereocenters. The second kappa shape index (κ2) is 6.19. The first-order valence-electron chi connectivity index (χ1n) is 5.00. The van der Waals surface area contributed by atoms with Gasteiger partial charge >= 0.3 is 5.97 Å². The Morgan fingerprint density at radius 1 is 1.67 bits per heavy atom. The van der Waals surface area contributed by atoms with Crippen molar-refractivity contribution in [3.05, 3.63) is 18.5 Å². The van der Waals surface area contributed by atoms with E-state index in [0.717, 1.165) is 6.54 Å². The molecule has 1 aromatic rings. The van der Waals surface area contributed by atoms with Crippen LogP contribution in [-0.2, 0) is 16.1 Å². The zero-order valence-corrected chi connectivity index (χ0v) is 9.14. The largest absolute Gasteiger partial charge is 0.469 e. The van der Waals surface area contributed by atoms with Gasteiger partial charge in [0, 0.05) is 25.0 Å². The molecule has 5 nitrogen and oxygen atoms in total. The van der Waals surface area contributed by atoms with Crippen LogP contribution in [0.2, 0.25) is 0 Å². The monoisotopic (exact) mass is 211 g/mol. The molecule has 1 rings (SSSR count). The van der Waals surface area contributed by atoms with E-state index in [9.17, 15) is 4.79 Å². The van der Waals surface area contributed by atoms with Crippen LogP contribution in [0.5, 0.6) is 0 Å². The SMILES string of the molecule is COC(=O)CCNC(C)Cn1cccn1. The second-order valence-electron chi connectivity index (χ2n) is 3.41. The summed E-state index contributed by atoms with van der Waals surface area (Å²) >= 11 is 0. The van der Waals surface area contributed by atoms with Crippen molar-refractivity contribution in [3.8, 4) is 0 Å². The van der Waals surface area contributed by atoms with Crippen LogP contribution in [0, 0.1) is 0 Å². The summed E-state index contributed by atoms with van der Waals surface area (Å²) in [7, 11) is 1.40. The zero-order valence-electron chi connectivity index (χ0n) is 9.14. The summed E-state index contributed by atoms with van der Waals surface area (Å²) in [6.07, 6.45) is 4.07. The molecule has 5 heteroatoms. The average Bonchev–Trinajstić information content (AvgIpc) is 2.70. The van der Waals surface area contributed by atoms with Gasteiger partial charge in [0.2, 0.25) is 0 Å². The Morgan fingerprint density at radius 3 is 3.07 bits per heavy atom. The van der Waals surface area contributed by atoms with Crippen LogP contribution >= 0.6 is 0 Å². The molecule has 15 heavy (non-hydrogen) atoms. The Balaban J connectivity index is 2.14. The van der Waals surface area contributed by atoms with Crippen LogP contribution in [0.25, 0.3) is 0 Å².